The first-order valence-electron chi connectivity index (χ1n) is 7.16. The maximum atomic E-state index is 12.3. The van der Waals surface area contributed by atoms with Gasteiger partial charge in [-0.15, -0.1) is 12.4 Å². The van der Waals surface area contributed by atoms with Gasteiger partial charge >= 0.3 is 0 Å². The summed E-state index contributed by atoms with van der Waals surface area (Å²) in [5.41, 5.74) is 0.482. The molecule has 0 aromatic heterocycles. The number of rotatable bonds is 6. The van der Waals surface area contributed by atoms with Gasteiger partial charge in [0, 0.05) is 31.7 Å². The highest BCUT2D eigenvalue weighted by Crippen LogP contribution is 2.13. The third kappa shape index (κ3) is 5.43. The molecule has 0 aliphatic carbocycles. The Morgan fingerprint density at radius 3 is 2.35 bits per heavy atom. The Morgan fingerprint density at radius 1 is 1.17 bits per heavy atom. The van der Waals surface area contributed by atoms with Crippen molar-refractivity contribution in [3.63, 3.8) is 0 Å². The van der Waals surface area contributed by atoms with Crippen molar-refractivity contribution in [1.29, 1.82) is 0 Å². The Hall–Kier alpha value is -1.19. The number of nitrogens with one attached hydrogen (secondary N) is 2. The molecule has 130 valence electrons. The fourth-order valence-corrected chi connectivity index (χ4v) is 3.15. The van der Waals surface area contributed by atoms with Crippen molar-refractivity contribution in [2.24, 2.45) is 0 Å². The normalized spacial score (nSPS) is 15.1. The van der Waals surface area contributed by atoms with Crippen molar-refractivity contribution in [2.75, 3.05) is 46.4 Å². The van der Waals surface area contributed by atoms with Gasteiger partial charge in [-0.2, -0.15) is 0 Å². The van der Waals surface area contributed by atoms with Crippen LogP contribution in [0.5, 0.6) is 0 Å². The number of carbonyl (C=O) groups is 1. The second kappa shape index (κ2) is 9.19. The van der Waals surface area contributed by atoms with E-state index in [-0.39, 0.29) is 23.2 Å². The van der Waals surface area contributed by atoms with Crippen molar-refractivity contribution < 1.29 is 17.9 Å². The largest absolute Gasteiger partial charge is 0.378 e. The average Bonchev–Trinajstić information content (AvgIpc) is 2.55. The fourth-order valence-electron chi connectivity index (χ4n) is 2.12. The monoisotopic (exact) mass is 363 g/mol. The van der Waals surface area contributed by atoms with E-state index in [1.165, 1.54) is 12.1 Å². The molecule has 1 aliphatic rings. The van der Waals surface area contributed by atoms with E-state index in [4.69, 9.17) is 4.74 Å². The molecule has 1 amide bonds. The van der Waals surface area contributed by atoms with Gasteiger partial charge in [-0.05, 0) is 31.3 Å². The number of sulfonamides is 1. The van der Waals surface area contributed by atoms with Gasteiger partial charge in [0.1, 0.15) is 0 Å². The minimum atomic E-state index is -3.53. The Labute approximate surface area is 142 Å². The van der Waals surface area contributed by atoms with E-state index in [1.54, 1.807) is 24.1 Å². The highest BCUT2D eigenvalue weighted by molar-refractivity contribution is 7.89. The molecule has 23 heavy (non-hydrogen) atoms. The van der Waals surface area contributed by atoms with Crippen LogP contribution in [0.2, 0.25) is 0 Å². The minimum Gasteiger partial charge on any atom is -0.378 e. The Balaban J connectivity index is 0.00000264. The summed E-state index contributed by atoms with van der Waals surface area (Å²) in [6.45, 7) is 3.05. The first-order valence-corrected chi connectivity index (χ1v) is 8.64. The number of benzene rings is 1. The SMILES string of the molecule is CNCCNS(=O)(=O)c1ccc(C(=O)N2CCOCC2)cc1.Cl. The van der Waals surface area contributed by atoms with E-state index < -0.39 is 10.0 Å². The van der Waals surface area contributed by atoms with Crippen LogP contribution in [0.15, 0.2) is 29.2 Å². The zero-order valence-corrected chi connectivity index (χ0v) is 14.6. The van der Waals surface area contributed by atoms with Crippen LogP contribution in [0.4, 0.5) is 0 Å². The molecule has 0 unspecified atom stereocenters. The summed E-state index contributed by atoms with van der Waals surface area (Å²) in [7, 11) is -1.78. The second-order valence-corrected chi connectivity index (χ2v) is 6.70. The number of carbonyl (C=O) groups excluding carboxylic acids is 1. The molecule has 7 nitrogen and oxygen atoms in total. The van der Waals surface area contributed by atoms with Gasteiger partial charge < -0.3 is 15.0 Å². The van der Waals surface area contributed by atoms with E-state index in [1.807, 2.05) is 0 Å². The summed E-state index contributed by atoms with van der Waals surface area (Å²) in [5.74, 6) is -0.101. The summed E-state index contributed by atoms with van der Waals surface area (Å²) in [4.78, 5) is 14.1. The fraction of sp³-hybridized carbons (Fsp3) is 0.500. The zero-order valence-electron chi connectivity index (χ0n) is 12.9. The molecule has 1 aromatic carbocycles. The van der Waals surface area contributed by atoms with Crippen LogP contribution in [0.25, 0.3) is 0 Å². The lowest BCUT2D eigenvalue weighted by Gasteiger charge is -2.26. The number of amides is 1. The molecule has 0 radical (unpaired) electrons. The van der Waals surface area contributed by atoms with E-state index in [0.29, 0.717) is 45.0 Å². The summed E-state index contributed by atoms with van der Waals surface area (Å²) in [5, 5.41) is 2.86. The Bertz CT molecular complexity index is 601. The van der Waals surface area contributed by atoms with Gasteiger partial charge in [0.25, 0.3) is 5.91 Å². The van der Waals surface area contributed by atoms with E-state index >= 15 is 0 Å². The molecule has 9 heteroatoms. The van der Waals surface area contributed by atoms with Crippen LogP contribution < -0.4 is 10.0 Å². The van der Waals surface area contributed by atoms with Crippen molar-refractivity contribution >= 4 is 28.3 Å². The van der Waals surface area contributed by atoms with Gasteiger partial charge in [0.2, 0.25) is 10.0 Å². The van der Waals surface area contributed by atoms with Crippen molar-refractivity contribution in [2.45, 2.75) is 4.90 Å². The highest BCUT2D eigenvalue weighted by Gasteiger charge is 2.19. The maximum Gasteiger partial charge on any atom is 0.254 e. The summed E-state index contributed by atoms with van der Waals surface area (Å²) < 4.78 is 31.8. The quantitative estimate of drug-likeness (QED) is 0.699. The van der Waals surface area contributed by atoms with E-state index in [0.717, 1.165) is 0 Å². The average molecular weight is 364 g/mol. The van der Waals surface area contributed by atoms with Crippen LogP contribution in [0, 0.1) is 0 Å². The summed E-state index contributed by atoms with van der Waals surface area (Å²) >= 11 is 0. The third-order valence-corrected chi connectivity index (χ3v) is 4.85. The van der Waals surface area contributed by atoms with Gasteiger partial charge in [0.15, 0.2) is 0 Å². The Morgan fingerprint density at radius 2 is 1.78 bits per heavy atom. The number of hydrogen-bond donors (Lipinski definition) is 2. The van der Waals surface area contributed by atoms with Crippen LogP contribution in [-0.2, 0) is 14.8 Å². The molecule has 2 N–H and O–H groups in total. The van der Waals surface area contributed by atoms with Crippen molar-refractivity contribution in [1.82, 2.24) is 14.9 Å². The molecule has 0 bridgehead atoms. The molecule has 0 spiro atoms. The molecule has 0 atom stereocenters. The van der Waals surface area contributed by atoms with Gasteiger partial charge in [-0.1, -0.05) is 0 Å². The number of ether oxygens (including phenoxy) is 1. The van der Waals surface area contributed by atoms with Crippen LogP contribution in [0.3, 0.4) is 0 Å². The lowest BCUT2D eigenvalue weighted by atomic mass is 10.2. The number of halogens is 1. The van der Waals surface area contributed by atoms with Gasteiger partial charge in [-0.25, -0.2) is 13.1 Å². The van der Waals surface area contributed by atoms with E-state index in [2.05, 4.69) is 10.0 Å². The number of hydrogen-bond acceptors (Lipinski definition) is 5. The number of morpholine rings is 1. The third-order valence-electron chi connectivity index (χ3n) is 3.38. The topological polar surface area (TPSA) is 87.7 Å². The zero-order chi connectivity index (χ0) is 16.0. The maximum absolute atomic E-state index is 12.3. The first-order chi connectivity index (χ1) is 10.5. The molecular formula is C14H22ClN3O4S. The van der Waals surface area contributed by atoms with Crippen molar-refractivity contribution in [3.8, 4) is 0 Å². The van der Waals surface area contributed by atoms with Gasteiger partial charge in [0.05, 0.1) is 18.1 Å². The predicted molar refractivity (Wildman–Crippen MR) is 89.5 cm³/mol. The van der Waals surface area contributed by atoms with Crippen LogP contribution >= 0.6 is 12.4 Å². The van der Waals surface area contributed by atoms with Gasteiger partial charge in [-0.3, -0.25) is 4.79 Å². The van der Waals surface area contributed by atoms with E-state index in [9.17, 15) is 13.2 Å². The smallest absolute Gasteiger partial charge is 0.254 e. The Kier molecular flexibility index (Phi) is 7.93. The number of likely N-dealkylation sites (N-methyl/N-ethyl adjacent to an activating group) is 1. The van der Waals surface area contributed by atoms with Crippen molar-refractivity contribution in [3.05, 3.63) is 29.8 Å². The molecule has 0 saturated carbocycles. The van der Waals surface area contributed by atoms with Crippen LogP contribution in [-0.4, -0.2) is 65.7 Å². The second-order valence-electron chi connectivity index (χ2n) is 4.93. The molecular weight excluding hydrogens is 342 g/mol. The molecule has 2 rings (SSSR count). The molecule has 1 fully saturated rings. The summed E-state index contributed by atoms with van der Waals surface area (Å²) in [6, 6.07) is 6.00. The molecule has 1 aromatic rings. The lowest BCUT2D eigenvalue weighted by molar-refractivity contribution is 0.0303. The molecule has 1 aliphatic heterocycles. The highest BCUT2D eigenvalue weighted by atomic mass is 35.5. The minimum absolute atomic E-state index is 0. The first kappa shape index (κ1) is 19.9. The lowest BCUT2D eigenvalue weighted by Crippen LogP contribution is -2.40. The standard InChI is InChI=1S/C14H21N3O4S.ClH/c1-15-6-7-16-22(19,20)13-4-2-12(3-5-13)14(18)17-8-10-21-11-9-17;/h2-5,15-16H,6-11H2,1H3;1H. The summed E-state index contributed by atoms with van der Waals surface area (Å²) in [6.07, 6.45) is 0. The predicted octanol–water partition coefficient (Wildman–Crippen LogP) is 0.0785. The number of nitrogens with zero attached hydrogens (tertiary/aromatic N) is 1. The molecule has 1 saturated heterocycles. The van der Waals surface area contributed by atoms with Crippen LogP contribution in [0.1, 0.15) is 10.4 Å². The molecule has 1 heterocycles.